The van der Waals surface area contributed by atoms with E-state index in [1.54, 1.807) is 0 Å². The number of allylic oxidation sites excluding steroid dienone is 1. The first-order chi connectivity index (χ1) is 7.56. The van der Waals surface area contributed by atoms with Crippen LogP contribution in [0.25, 0.3) is 0 Å². The maximum atomic E-state index is 12.0. The Kier molecular flexibility index (Phi) is 3.23. The Labute approximate surface area is 99.3 Å². The Morgan fingerprint density at radius 1 is 1.44 bits per heavy atom. The molecule has 2 rings (SSSR count). The van der Waals surface area contributed by atoms with Crippen molar-refractivity contribution >= 4 is 5.78 Å². The quantitative estimate of drug-likeness (QED) is 0.646. The van der Waals surface area contributed by atoms with Gasteiger partial charge in [-0.25, -0.2) is 0 Å². The van der Waals surface area contributed by atoms with Crippen molar-refractivity contribution in [2.24, 2.45) is 29.6 Å². The van der Waals surface area contributed by atoms with Gasteiger partial charge in [0.2, 0.25) is 0 Å². The van der Waals surface area contributed by atoms with E-state index in [1.807, 2.05) is 0 Å². The summed E-state index contributed by atoms with van der Waals surface area (Å²) in [6.45, 7) is 11.0. The molecule has 4 unspecified atom stereocenters. The van der Waals surface area contributed by atoms with E-state index >= 15 is 0 Å². The standard InChI is InChI=1S/C15H24O/c1-5-11-14(16)8-13-10(4)6-7-12(9(2)3)15(11)13/h9,11-13,15H,4-8H2,1-3H3. The highest BCUT2D eigenvalue weighted by molar-refractivity contribution is 5.84. The molecule has 0 saturated heterocycles. The molecule has 1 heteroatoms. The van der Waals surface area contributed by atoms with Crippen LogP contribution in [0.5, 0.6) is 0 Å². The van der Waals surface area contributed by atoms with Crippen molar-refractivity contribution in [1.29, 1.82) is 0 Å². The van der Waals surface area contributed by atoms with Crippen LogP contribution in [-0.2, 0) is 4.79 Å². The molecule has 0 aromatic carbocycles. The third-order valence-corrected chi connectivity index (χ3v) is 4.88. The number of ketones is 1. The van der Waals surface area contributed by atoms with Gasteiger partial charge >= 0.3 is 0 Å². The van der Waals surface area contributed by atoms with Gasteiger partial charge in [-0.05, 0) is 42.9 Å². The number of fused-ring (bicyclic) bond motifs is 1. The minimum absolute atomic E-state index is 0.328. The van der Waals surface area contributed by atoms with E-state index in [9.17, 15) is 4.79 Å². The summed E-state index contributed by atoms with van der Waals surface area (Å²) in [6, 6.07) is 0. The maximum Gasteiger partial charge on any atom is 0.136 e. The van der Waals surface area contributed by atoms with Gasteiger partial charge in [-0.2, -0.15) is 0 Å². The van der Waals surface area contributed by atoms with Crippen molar-refractivity contribution < 1.29 is 4.79 Å². The molecule has 1 nitrogen and oxygen atoms in total. The summed E-state index contributed by atoms with van der Waals surface area (Å²) in [7, 11) is 0. The van der Waals surface area contributed by atoms with Crippen LogP contribution in [0.15, 0.2) is 12.2 Å². The highest BCUT2D eigenvalue weighted by atomic mass is 16.1. The number of carbonyl (C=O) groups is 1. The second-order valence-electron chi connectivity index (χ2n) is 5.97. The SMILES string of the molecule is C=C1CCC(C(C)C)C2C1CC(=O)C2CC. The lowest BCUT2D eigenvalue weighted by atomic mass is 9.65. The molecule has 0 heterocycles. The number of carbonyl (C=O) groups excluding carboxylic acids is 1. The summed E-state index contributed by atoms with van der Waals surface area (Å²) in [5, 5.41) is 0. The Bertz CT molecular complexity index is 303. The number of hydrogen-bond acceptors (Lipinski definition) is 1. The summed E-state index contributed by atoms with van der Waals surface area (Å²) in [5.74, 6) is 3.41. The van der Waals surface area contributed by atoms with E-state index in [1.165, 1.54) is 12.0 Å². The van der Waals surface area contributed by atoms with Crippen molar-refractivity contribution in [1.82, 2.24) is 0 Å². The molecule has 2 aliphatic carbocycles. The summed E-state index contributed by atoms with van der Waals surface area (Å²) in [6.07, 6.45) is 4.21. The van der Waals surface area contributed by atoms with Gasteiger partial charge in [-0.3, -0.25) is 4.79 Å². The monoisotopic (exact) mass is 220 g/mol. The molecule has 0 aromatic rings. The van der Waals surface area contributed by atoms with Gasteiger partial charge < -0.3 is 0 Å². The lowest BCUT2D eigenvalue weighted by Gasteiger charge is -2.39. The molecular weight excluding hydrogens is 196 g/mol. The first-order valence-electron chi connectivity index (χ1n) is 6.76. The van der Waals surface area contributed by atoms with Crippen molar-refractivity contribution in [3.8, 4) is 0 Å². The fraction of sp³-hybridized carbons (Fsp3) is 0.800. The van der Waals surface area contributed by atoms with E-state index in [0.717, 1.165) is 25.2 Å². The third kappa shape index (κ3) is 1.74. The molecule has 90 valence electrons. The lowest BCUT2D eigenvalue weighted by Crippen LogP contribution is -2.33. The van der Waals surface area contributed by atoms with Crippen molar-refractivity contribution in [2.75, 3.05) is 0 Å². The minimum atomic E-state index is 0.328. The molecule has 2 fully saturated rings. The number of Topliss-reactive ketones (excluding diaryl/α,β-unsaturated/α-hetero) is 1. The molecule has 0 N–H and O–H groups in total. The van der Waals surface area contributed by atoms with Gasteiger partial charge in [0.15, 0.2) is 0 Å². The molecule has 4 atom stereocenters. The lowest BCUT2D eigenvalue weighted by molar-refractivity contribution is -0.121. The second-order valence-corrected chi connectivity index (χ2v) is 5.97. The summed E-state index contributed by atoms with van der Waals surface area (Å²) in [5.41, 5.74) is 1.35. The van der Waals surface area contributed by atoms with Crippen LogP contribution < -0.4 is 0 Å². The van der Waals surface area contributed by atoms with Crippen LogP contribution in [0.4, 0.5) is 0 Å². The average molecular weight is 220 g/mol. The molecule has 0 bridgehead atoms. The molecular formula is C15H24O. The van der Waals surface area contributed by atoms with Crippen LogP contribution in [0.2, 0.25) is 0 Å². The molecule has 0 amide bonds. The van der Waals surface area contributed by atoms with Crippen LogP contribution in [0.3, 0.4) is 0 Å². The first-order valence-corrected chi connectivity index (χ1v) is 6.76. The Morgan fingerprint density at radius 2 is 2.12 bits per heavy atom. The van der Waals surface area contributed by atoms with E-state index in [2.05, 4.69) is 27.4 Å². The maximum absolute atomic E-state index is 12.0. The van der Waals surface area contributed by atoms with Crippen LogP contribution in [0.1, 0.15) is 46.5 Å². The largest absolute Gasteiger partial charge is 0.299 e. The average Bonchev–Trinajstić information content (AvgIpc) is 2.55. The van der Waals surface area contributed by atoms with Gasteiger partial charge in [0.1, 0.15) is 5.78 Å². The Hall–Kier alpha value is -0.590. The van der Waals surface area contributed by atoms with Gasteiger partial charge in [-0.1, -0.05) is 32.9 Å². The van der Waals surface area contributed by atoms with E-state index in [-0.39, 0.29) is 0 Å². The Morgan fingerprint density at radius 3 is 2.69 bits per heavy atom. The van der Waals surface area contributed by atoms with E-state index in [0.29, 0.717) is 29.5 Å². The van der Waals surface area contributed by atoms with Crippen LogP contribution >= 0.6 is 0 Å². The summed E-state index contributed by atoms with van der Waals surface area (Å²) in [4.78, 5) is 12.0. The van der Waals surface area contributed by atoms with Gasteiger partial charge in [0, 0.05) is 12.3 Å². The van der Waals surface area contributed by atoms with Crippen molar-refractivity contribution in [3.05, 3.63) is 12.2 Å². The number of rotatable bonds is 2. The highest BCUT2D eigenvalue weighted by Gasteiger charge is 2.48. The molecule has 16 heavy (non-hydrogen) atoms. The van der Waals surface area contributed by atoms with Gasteiger partial charge in [0.25, 0.3) is 0 Å². The van der Waals surface area contributed by atoms with Crippen LogP contribution in [-0.4, -0.2) is 5.78 Å². The molecule has 0 spiro atoms. The minimum Gasteiger partial charge on any atom is -0.299 e. The molecule has 2 aliphatic rings. The van der Waals surface area contributed by atoms with Gasteiger partial charge in [0.05, 0.1) is 0 Å². The van der Waals surface area contributed by atoms with Crippen molar-refractivity contribution in [2.45, 2.75) is 46.5 Å². The first kappa shape index (κ1) is 11.9. The van der Waals surface area contributed by atoms with E-state index in [4.69, 9.17) is 0 Å². The zero-order valence-corrected chi connectivity index (χ0v) is 10.8. The number of hydrogen-bond donors (Lipinski definition) is 0. The molecule has 0 aliphatic heterocycles. The van der Waals surface area contributed by atoms with Crippen molar-refractivity contribution in [3.63, 3.8) is 0 Å². The Balaban J connectivity index is 2.28. The van der Waals surface area contributed by atoms with Crippen LogP contribution in [0, 0.1) is 29.6 Å². The summed E-state index contributed by atoms with van der Waals surface area (Å²) >= 11 is 0. The summed E-state index contributed by atoms with van der Waals surface area (Å²) < 4.78 is 0. The van der Waals surface area contributed by atoms with E-state index < -0.39 is 0 Å². The van der Waals surface area contributed by atoms with Gasteiger partial charge in [-0.15, -0.1) is 0 Å². The smallest absolute Gasteiger partial charge is 0.136 e. The molecule has 0 aromatic heterocycles. The third-order valence-electron chi connectivity index (χ3n) is 4.88. The zero-order valence-electron chi connectivity index (χ0n) is 10.8. The highest BCUT2D eigenvalue weighted by Crippen LogP contribution is 2.52. The predicted molar refractivity (Wildman–Crippen MR) is 67.1 cm³/mol. The normalized spacial score (nSPS) is 39.2. The predicted octanol–water partition coefficient (Wildman–Crippen LogP) is 3.84. The fourth-order valence-corrected chi connectivity index (χ4v) is 4.02. The molecule has 2 saturated carbocycles. The topological polar surface area (TPSA) is 17.1 Å². The molecule has 0 radical (unpaired) electrons. The second kappa shape index (κ2) is 4.35. The fourth-order valence-electron chi connectivity index (χ4n) is 4.02. The zero-order chi connectivity index (χ0) is 11.9.